The maximum Gasteiger partial charge on any atom is 0.260 e. The topological polar surface area (TPSA) is 68.0 Å². The van der Waals surface area contributed by atoms with Crippen molar-refractivity contribution in [3.63, 3.8) is 0 Å². The second-order valence-corrected chi connectivity index (χ2v) is 5.91. The number of amides is 1. The predicted octanol–water partition coefficient (Wildman–Crippen LogP) is 4.89. The molecule has 0 atom stereocenters. The lowest BCUT2D eigenvalue weighted by Gasteiger charge is -2.08. The van der Waals surface area contributed by atoms with Gasteiger partial charge in [0.15, 0.2) is 0 Å². The molecule has 5 nitrogen and oxygen atoms in total. The number of aromatic nitrogens is 2. The summed E-state index contributed by atoms with van der Waals surface area (Å²) in [5.41, 5.74) is 3.34. The van der Waals surface area contributed by atoms with Gasteiger partial charge in [-0.25, -0.2) is 9.97 Å². The average Bonchev–Trinajstić information content (AvgIpc) is 3.20. The van der Waals surface area contributed by atoms with Crippen molar-refractivity contribution in [3.8, 4) is 11.3 Å². The molecule has 4 aromatic rings. The van der Waals surface area contributed by atoms with E-state index >= 15 is 0 Å². The van der Waals surface area contributed by atoms with Crippen LogP contribution in [0.4, 0.5) is 5.69 Å². The first-order valence-electron chi connectivity index (χ1n) is 7.01. The molecule has 3 aromatic heterocycles. The van der Waals surface area contributed by atoms with Gasteiger partial charge in [0.2, 0.25) is 0 Å². The molecule has 24 heavy (non-hydrogen) atoms. The zero-order valence-electron chi connectivity index (χ0n) is 12.1. The minimum Gasteiger partial charge on any atom is -0.456 e. The Morgan fingerprint density at radius 3 is 2.62 bits per heavy atom. The maximum absolute atomic E-state index is 12.7. The molecule has 0 spiro atoms. The molecule has 0 saturated carbocycles. The van der Waals surface area contributed by atoms with Crippen LogP contribution in [0.5, 0.6) is 0 Å². The summed E-state index contributed by atoms with van der Waals surface area (Å²) in [5, 5.41) is 3.59. The Labute approximate surface area is 146 Å². The van der Waals surface area contributed by atoms with E-state index in [-0.39, 0.29) is 5.91 Å². The van der Waals surface area contributed by atoms with Gasteiger partial charge in [-0.05, 0) is 36.4 Å². The summed E-state index contributed by atoms with van der Waals surface area (Å²) in [5.74, 6) is -0.309. The van der Waals surface area contributed by atoms with E-state index in [0.717, 1.165) is 0 Å². The number of halogens is 2. The van der Waals surface area contributed by atoms with Gasteiger partial charge in [0.05, 0.1) is 26.9 Å². The van der Waals surface area contributed by atoms with E-state index in [1.807, 2.05) is 6.07 Å². The first-order valence-corrected chi connectivity index (χ1v) is 7.77. The fourth-order valence-electron chi connectivity index (χ4n) is 2.54. The van der Waals surface area contributed by atoms with Gasteiger partial charge < -0.3 is 9.73 Å². The van der Waals surface area contributed by atoms with Crippen LogP contribution >= 0.6 is 23.2 Å². The van der Waals surface area contributed by atoms with Crippen LogP contribution in [-0.2, 0) is 0 Å². The molecular weight excluding hydrogens is 349 g/mol. The van der Waals surface area contributed by atoms with E-state index in [1.165, 1.54) is 6.33 Å². The van der Waals surface area contributed by atoms with Gasteiger partial charge in [0.1, 0.15) is 17.5 Å². The smallest absolute Gasteiger partial charge is 0.260 e. The van der Waals surface area contributed by atoms with Crippen LogP contribution in [0.15, 0.2) is 53.3 Å². The lowest BCUT2D eigenvalue weighted by atomic mass is 10.0. The molecule has 3 heterocycles. The highest BCUT2D eigenvalue weighted by atomic mass is 35.5. The minimum absolute atomic E-state index is 0.309. The zero-order chi connectivity index (χ0) is 16.7. The highest BCUT2D eigenvalue weighted by Crippen LogP contribution is 2.36. The number of carbonyl (C=O) groups excluding carboxylic acids is 1. The first-order chi connectivity index (χ1) is 11.6. The summed E-state index contributed by atoms with van der Waals surface area (Å²) >= 11 is 11.9. The number of benzene rings is 2. The third-order valence-corrected chi connectivity index (χ3v) is 4.33. The molecule has 0 saturated heterocycles. The van der Waals surface area contributed by atoms with E-state index in [1.54, 1.807) is 36.5 Å². The predicted molar refractivity (Wildman–Crippen MR) is 92.8 cm³/mol. The van der Waals surface area contributed by atoms with Gasteiger partial charge in [0, 0.05) is 11.9 Å². The van der Waals surface area contributed by atoms with Crippen molar-refractivity contribution in [3.05, 3.63) is 64.5 Å². The molecule has 0 unspecified atom stereocenters. The van der Waals surface area contributed by atoms with E-state index in [4.69, 9.17) is 27.6 Å². The molecule has 118 valence electrons. The van der Waals surface area contributed by atoms with Crippen LogP contribution in [-0.4, -0.2) is 15.9 Å². The van der Waals surface area contributed by atoms with Crippen molar-refractivity contribution in [2.75, 3.05) is 5.32 Å². The van der Waals surface area contributed by atoms with Crippen LogP contribution in [0.3, 0.4) is 0 Å². The number of nitrogens with zero attached hydrogens (tertiary/aromatic N) is 2. The average molecular weight is 358 g/mol. The summed E-state index contributed by atoms with van der Waals surface area (Å²) < 4.78 is 5.63. The van der Waals surface area contributed by atoms with E-state index in [9.17, 15) is 4.79 Å². The van der Waals surface area contributed by atoms with Crippen molar-refractivity contribution < 1.29 is 9.21 Å². The Morgan fingerprint density at radius 1 is 1.04 bits per heavy atom. The highest BCUT2D eigenvalue weighted by molar-refractivity contribution is 6.42. The van der Waals surface area contributed by atoms with E-state index in [2.05, 4.69) is 15.3 Å². The molecule has 0 fully saturated rings. The third-order valence-electron chi connectivity index (χ3n) is 3.59. The SMILES string of the molecule is O=C(Nc1ccc(Cl)c(Cl)c1)c1c(-c2ccncn2)c2ccc1o2. The molecule has 0 aliphatic heterocycles. The van der Waals surface area contributed by atoms with Gasteiger partial charge in [-0.3, -0.25) is 4.79 Å². The van der Waals surface area contributed by atoms with Crippen LogP contribution in [0.1, 0.15) is 10.4 Å². The number of nitrogens with one attached hydrogen (secondary N) is 1. The number of hydrogen-bond donors (Lipinski definition) is 1. The number of furan rings is 2. The molecular formula is C17H9Cl2N3O2. The molecule has 1 aromatic carbocycles. The van der Waals surface area contributed by atoms with Crippen LogP contribution in [0, 0.1) is 0 Å². The van der Waals surface area contributed by atoms with Crippen LogP contribution < -0.4 is 5.32 Å². The Kier molecular flexibility index (Phi) is 3.59. The Bertz CT molecular complexity index is 1030. The number of hydrogen-bond acceptors (Lipinski definition) is 4. The summed E-state index contributed by atoms with van der Waals surface area (Å²) in [6, 6.07) is 10.2. The molecule has 1 amide bonds. The van der Waals surface area contributed by atoms with Gasteiger partial charge in [-0.2, -0.15) is 0 Å². The number of rotatable bonds is 3. The number of carbonyl (C=O) groups is 1. The lowest BCUT2D eigenvalue weighted by Crippen LogP contribution is -2.13. The van der Waals surface area contributed by atoms with E-state index < -0.39 is 0 Å². The van der Waals surface area contributed by atoms with Crippen LogP contribution in [0.25, 0.3) is 22.4 Å². The van der Waals surface area contributed by atoms with Crippen molar-refractivity contribution in [1.82, 2.24) is 9.97 Å². The van der Waals surface area contributed by atoms with E-state index in [0.29, 0.717) is 43.7 Å². The summed E-state index contributed by atoms with van der Waals surface area (Å²) in [6.07, 6.45) is 3.04. The fraction of sp³-hybridized carbons (Fsp3) is 0. The largest absolute Gasteiger partial charge is 0.456 e. The Balaban J connectivity index is 1.74. The first kappa shape index (κ1) is 14.9. The zero-order valence-corrected chi connectivity index (χ0v) is 13.6. The highest BCUT2D eigenvalue weighted by Gasteiger charge is 2.24. The second-order valence-electron chi connectivity index (χ2n) is 5.09. The van der Waals surface area contributed by atoms with Gasteiger partial charge in [-0.15, -0.1) is 0 Å². The molecule has 0 aliphatic carbocycles. The van der Waals surface area contributed by atoms with Gasteiger partial charge >= 0.3 is 0 Å². The standard InChI is InChI=1S/C17H9Cl2N3O2/c18-10-2-1-9(7-11(10)19)22-17(23)16-14-4-3-13(24-14)15(16)12-5-6-20-8-21-12/h1-8H,(H,22,23). The Morgan fingerprint density at radius 2 is 1.88 bits per heavy atom. The lowest BCUT2D eigenvalue weighted by molar-refractivity contribution is 0.102. The van der Waals surface area contributed by atoms with Crippen molar-refractivity contribution >= 4 is 46.0 Å². The molecule has 2 bridgehead atoms. The van der Waals surface area contributed by atoms with Crippen molar-refractivity contribution in [1.29, 1.82) is 0 Å². The molecule has 0 aliphatic rings. The summed E-state index contributed by atoms with van der Waals surface area (Å²) in [7, 11) is 0. The third kappa shape index (κ3) is 2.48. The van der Waals surface area contributed by atoms with Crippen LogP contribution in [0.2, 0.25) is 10.0 Å². The van der Waals surface area contributed by atoms with Crippen molar-refractivity contribution in [2.24, 2.45) is 0 Å². The van der Waals surface area contributed by atoms with Gasteiger partial charge in [-0.1, -0.05) is 23.2 Å². The molecule has 4 rings (SSSR count). The summed E-state index contributed by atoms with van der Waals surface area (Å²) in [4.78, 5) is 20.9. The number of anilines is 1. The quantitative estimate of drug-likeness (QED) is 0.566. The summed E-state index contributed by atoms with van der Waals surface area (Å²) in [6.45, 7) is 0. The van der Waals surface area contributed by atoms with Crippen molar-refractivity contribution in [2.45, 2.75) is 0 Å². The van der Waals surface area contributed by atoms with Gasteiger partial charge in [0.25, 0.3) is 5.91 Å². The Hall–Kier alpha value is -2.63. The molecule has 0 radical (unpaired) electrons. The molecule has 7 heteroatoms. The normalized spacial score (nSPS) is 11.1. The maximum atomic E-state index is 12.7. The number of fused-ring (bicyclic) bond motifs is 2. The second kappa shape index (κ2) is 5.78. The monoisotopic (exact) mass is 357 g/mol. The molecule has 1 N–H and O–H groups in total. The minimum atomic E-state index is -0.309. The fourth-order valence-corrected chi connectivity index (χ4v) is 2.84.